The van der Waals surface area contributed by atoms with Crippen molar-refractivity contribution in [2.75, 3.05) is 18.9 Å². The van der Waals surface area contributed by atoms with Crippen LogP contribution in [0.15, 0.2) is 42.5 Å². The minimum atomic E-state index is -0.629. The van der Waals surface area contributed by atoms with Gasteiger partial charge in [0.25, 0.3) is 11.6 Å². The molecule has 130 valence electrons. The molecule has 2 amide bonds. The van der Waals surface area contributed by atoms with E-state index in [1.165, 1.54) is 31.3 Å². The molecule has 2 aromatic rings. The number of nitrogens with zero attached hydrogens (tertiary/aromatic N) is 2. The first-order valence-corrected chi connectivity index (χ1v) is 7.40. The second kappa shape index (κ2) is 7.71. The molecule has 0 fully saturated rings. The van der Waals surface area contributed by atoms with E-state index in [0.717, 1.165) is 23.1 Å². The van der Waals surface area contributed by atoms with Gasteiger partial charge in [0.05, 0.1) is 22.1 Å². The lowest BCUT2D eigenvalue weighted by molar-refractivity contribution is -0.384. The van der Waals surface area contributed by atoms with Gasteiger partial charge in [-0.1, -0.05) is 17.7 Å². The fourth-order valence-corrected chi connectivity index (χ4v) is 2.31. The van der Waals surface area contributed by atoms with Gasteiger partial charge < -0.3 is 10.2 Å². The number of anilines is 1. The SMILES string of the molecule is CN(CC(=O)Nc1cccc(F)c1)C(=O)c1ccc([N+](=O)[O-])cc1Cl. The molecule has 0 unspecified atom stereocenters. The number of hydrogen-bond acceptors (Lipinski definition) is 4. The van der Waals surface area contributed by atoms with Crippen molar-refractivity contribution in [2.24, 2.45) is 0 Å². The van der Waals surface area contributed by atoms with Gasteiger partial charge in [0.15, 0.2) is 0 Å². The number of non-ortho nitro benzene ring substituents is 1. The highest BCUT2D eigenvalue weighted by atomic mass is 35.5. The third-order valence-corrected chi connectivity index (χ3v) is 3.54. The summed E-state index contributed by atoms with van der Waals surface area (Å²) in [7, 11) is 1.38. The zero-order chi connectivity index (χ0) is 18.6. The Hall–Kier alpha value is -3.00. The van der Waals surface area contributed by atoms with Gasteiger partial charge in [-0.05, 0) is 24.3 Å². The number of carbonyl (C=O) groups is 2. The second-order valence-electron chi connectivity index (χ2n) is 5.14. The highest BCUT2D eigenvalue weighted by Crippen LogP contribution is 2.23. The highest BCUT2D eigenvalue weighted by Gasteiger charge is 2.20. The van der Waals surface area contributed by atoms with Crippen LogP contribution in [0.4, 0.5) is 15.8 Å². The first-order chi connectivity index (χ1) is 11.8. The predicted molar refractivity (Wildman–Crippen MR) is 90.1 cm³/mol. The van der Waals surface area contributed by atoms with Crippen molar-refractivity contribution in [2.45, 2.75) is 0 Å². The summed E-state index contributed by atoms with van der Waals surface area (Å²) in [4.78, 5) is 35.4. The maximum absolute atomic E-state index is 13.1. The number of hydrogen-bond donors (Lipinski definition) is 1. The van der Waals surface area contributed by atoms with Gasteiger partial charge in [0, 0.05) is 24.9 Å². The maximum atomic E-state index is 13.1. The molecular formula is C16H13ClFN3O4. The van der Waals surface area contributed by atoms with Crippen LogP contribution >= 0.6 is 11.6 Å². The molecule has 0 bridgehead atoms. The standard InChI is InChI=1S/C16H13ClFN3O4/c1-20(9-15(22)19-11-4-2-3-10(18)7-11)16(23)13-6-5-12(21(24)25)8-14(13)17/h2-8H,9H2,1H3,(H,19,22). The third kappa shape index (κ3) is 4.74. The number of benzene rings is 2. The lowest BCUT2D eigenvalue weighted by atomic mass is 10.2. The molecule has 0 heterocycles. The summed E-state index contributed by atoms with van der Waals surface area (Å²) < 4.78 is 13.1. The molecule has 0 aromatic heterocycles. The first-order valence-electron chi connectivity index (χ1n) is 7.02. The fraction of sp³-hybridized carbons (Fsp3) is 0.125. The molecule has 0 spiro atoms. The molecule has 0 saturated carbocycles. The summed E-state index contributed by atoms with van der Waals surface area (Å²) in [5, 5.41) is 13.1. The summed E-state index contributed by atoms with van der Waals surface area (Å²) in [5.41, 5.74) is 0.0561. The molecule has 0 aliphatic rings. The van der Waals surface area contributed by atoms with Crippen LogP contribution in [0.5, 0.6) is 0 Å². The summed E-state index contributed by atoms with van der Waals surface area (Å²) in [6, 6.07) is 8.78. The molecule has 0 aliphatic carbocycles. The normalized spacial score (nSPS) is 10.2. The molecule has 2 aromatic carbocycles. The van der Waals surface area contributed by atoms with Crippen LogP contribution in [0, 0.1) is 15.9 Å². The van der Waals surface area contributed by atoms with Crippen LogP contribution < -0.4 is 5.32 Å². The molecule has 0 saturated heterocycles. The summed E-state index contributed by atoms with van der Waals surface area (Å²) in [6.45, 7) is -0.303. The average molecular weight is 366 g/mol. The van der Waals surface area contributed by atoms with Gasteiger partial charge in [0.2, 0.25) is 5.91 Å². The number of rotatable bonds is 5. The Morgan fingerprint density at radius 2 is 2.00 bits per heavy atom. The van der Waals surface area contributed by atoms with Gasteiger partial charge >= 0.3 is 0 Å². The van der Waals surface area contributed by atoms with Gasteiger partial charge in [0.1, 0.15) is 5.82 Å². The number of halogens is 2. The van der Waals surface area contributed by atoms with Gasteiger partial charge in [-0.3, -0.25) is 19.7 Å². The number of nitro groups is 1. The summed E-state index contributed by atoms with van der Waals surface area (Å²) in [6.07, 6.45) is 0. The maximum Gasteiger partial charge on any atom is 0.270 e. The Morgan fingerprint density at radius 3 is 2.60 bits per heavy atom. The van der Waals surface area contributed by atoms with Gasteiger partial charge in [-0.15, -0.1) is 0 Å². The smallest absolute Gasteiger partial charge is 0.270 e. The second-order valence-corrected chi connectivity index (χ2v) is 5.55. The van der Waals surface area contributed by atoms with E-state index in [0.29, 0.717) is 0 Å². The first kappa shape index (κ1) is 18.3. The molecule has 0 aliphatic heterocycles. The number of nitrogens with one attached hydrogen (secondary N) is 1. The zero-order valence-corrected chi connectivity index (χ0v) is 13.8. The number of likely N-dealkylation sites (N-methyl/N-ethyl adjacent to an activating group) is 1. The topological polar surface area (TPSA) is 92.6 Å². The van der Waals surface area contributed by atoms with E-state index < -0.39 is 22.6 Å². The van der Waals surface area contributed by atoms with Crippen molar-refractivity contribution in [1.82, 2.24) is 4.90 Å². The Bertz CT molecular complexity index is 844. The van der Waals surface area contributed by atoms with E-state index in [-0.39, 0.29) is 28.5 Å². The quantitative estimate of drug-likeness (QED) is 0.651. The van der Waals surface area contributed by atoms with E-state index in [1.54, 1.807) is 0 Å². The molecule has 7 nitrogen and oxygen atoms in total. The van der Waals surface area contributed by atoms with Crippen LogP contribution in [0.3, 0.4) is 0 Å². The number of nitro benzene ring substituents is 1. The van der Waals surface area contributed by atoms with Crippen LogP contribution in [-0.4, -0.2) is 35.2 Å². The highest BCUT2D eigenvalue weighted by molar-refractivity contribution is 6.34. The molecule has 9 heteroatoms. The Morgan fingerprint density at radius 1 is 1.28 bits per heavy atom. The average Bonchev–Trinajstić information content (AvgIpc) is 2.53. The van der Waals surface area contributed by atoms with E-state index >= 15 is 0 Å². The fourth-order valence-electron chi connectivity index (χ4n) is 2.05. The number of carbonyl (C=O) groups excluding carboxylic acids is 2. The van der Waals surface area contributed by atoms with Gasteiger partial charge in [-0.25, -0.2) is 4.39 Å². The summed E-state index contributed by atoms with van der Waals surface area (Å²) in [5.74, 6) is -1.60. The van der Waals surface area contributed by atoms with Crippen molar-refractivity contribution in [3.8, 4) is 0 Å². The van der Waals surface area contributed by atoms with Crippen LogP contribution in [0.1, 0.15) is 10.4 Å². The van der Waals surface area contributed by atoms with Crippen molar-refractivity contribution < 1.29 is 18.9 Å². The van der Waals surface area contributed by atoms with Crippen LogP contribution in [0.25, 0.3) is 0 Å². The molecule has 1 N–H and O–H groups in total. The molecule has 0 atom stereocenters. The third-order valence-electron chi connectivity index (χ3n) is 3.23. The van der Waals surface area contributed by atoms with Crippen LogP contribution in [0.2, 0.25) is 5.02 Å². The Labute approximate surface area is 147 Å². The van der Waals surface area contributed by atoms with Crippen molar-refractivity contribution in [3.05, 3.63) is 69.0 Å². The van der Waals surface area contributed by atoms with Crippen molar-refractivity contribution in [1.29, 1.82) is 0 Å². The van der Waals surface area contributed by atoms with E-state index in [1.807, 2.05) is 0 Å². The Kier molecular flexibility index (Phi) is 5.66. The summed E-state index contributed by atoms with van der Waals surface area (Å²) >= 11 is 5.90. The number of amides is 2. The predicted octanol–water partition coefficient (Wildman–Crippen LogP) is 3.10. The largest absolute Gasteiger partial charge is 0.332 e. The van der Waals surface area contributed by atoms with Crippen molar-refractivity contribution in [3.63, 3.8) is 0 Å². The molecule has 25 heavy (non-hydrogen) atoms. The van der Waals surface area contributed by atoms with E-state index in [4.69, 9.17) is 11.6 Å². The van der Waals surface area contributed by atoms with Crippen LogP contribution in [-0.2, 0) is 4.79 Å². The molecule has 2 rings (SSSR count). The lowest BCUT2D eigenvalue weighted by Gasteiger charge is -2.17. The van der Waals surface area contributed by atoms with E-state index in [9.17, 15) is 24.1 Å². The monoisotopic (exact) mass is 365 g/mol. The zero-order valence-electron chi connectivity index (χ0n) is 13.0. The molecule has 0 radical (unpaired) electrons. The minimum Gasteiger partial charge on any atom is -0.332 e. The van der Waals surface area contributed by atoms with Crippen molar-refractivity contribution >= 4 is 34.8 Å². The molecular weight excluding hydrogens is 353 g/mol. The van der Waals surface area contributed by atoms with Gasteiger partial charge in [-0.2, -0.15) is 0 Å². The Balaban J connectivity index is 2.04. The van der Waals surface area contributed by atoms with E-state index in [2.05, 4.69) is 5.32 Å². The minimum absolute atomic E-state index is 0.0355. The lowest BCUT2D eigenvalue weighted by Crippen LogP contribution is -2.35.